The molecule has 100 valence electrons. The molecule has 0 radical (unpaired) electrons. The van der Waals surface area contributed by atoms with Gasteiger partial charge >= 0.3 is 5.97 Å². The van der Waals surface area contributed by atoms with Gasteiger partial charge in [-0.2, -0.15) is 0 Å². The van der Waals surface area contributed by atoms with Gasteiger partial charge in [-0.15, -0.1) is 0 Å². The van der Waals surface area contributed by atoms with E-state index in [1.807, 2.05) is 30.3 Å². The minimum atomic E-state index is -0.277. The van der Waals surface area contributed by atoms with Gasteiger partial charge in [0.1, 0.15) is 6.10 Å². The molecule has 4 nitrogen and oxygen atoms in total. The Bertz CT molecular complexity index is 353. The summed E-state index contributed by atoms with van der Waals surface area (Å²) >= 11 is 0. The van der Waals surface area contributed by atoms with E-state index in [0.29, 0.717) is 13.2 Å². The van der Waals surface area contributed by atoms with Crippen LogP contribution in [0.1, 0.15) is 13.8 Å². The Kier molecular flexibility index (Phi) is 6.22. The van der Waals surface area contributed by atoms with E-state index in [-0.39, 0.29) is 12.1 Å². The highest BCUT2D eigenvalue weighted by atomic mass is 16.6. The van der Waals surface area contributed by atoms with Gasteiger partial charge in [0.15, 0.2) is 0 Å². The van der Waals surface area contributed by atoms with Crippen molar-refractivity contribution in [1.29, 1.82) is 0 Å². The summed E-state index contributed by atoms with van der Waals surface area (Å²) in [5.74, 6) is -0.277. The van der Waals surface area contributed by atoms with Gasteiger partial charge in [0.2, 0.25) is 0 Å². The van der Waals surface area contributed by atoms with Gasteiger partial charge in [-0.3, -0.25) is 4.79 Å². The Morgan fingerprint density at radius 3 is 2.50 bits per heavy atom. The minimum Gasteiger partial charge on any atom is -0.458 e. The number of methoxy groups -OCH3 is 1. The molecule has 1 atom stereocenters. The average molecular weight is 251 g/mol. The first-order valence-electron chi connectivity index (χ1n) is 6.13. The summed E-state index contributed by atoms with van der Waals surface area (Å²) in [5, 5.41) is 0. The zero-order valence-electron chi connectivity index (χ0n) is 11.3. The van der Waals surface area contributed by atoms with Crippen molar-refractivity contribution in [1.82, 2.24) is 0 Å². The molecule has 0 aliphatic heterocycles. The van der Waals surface area contributed by atoms with Crippen molar-refractivity contribution in [2.45, 2.75) is 20.0 Å². The fourth-order valence-electron chi connectivity index (χ4n) is 1.85. The van der Waals surface area contributed by atoms with Crippen LogP contribution in [0.25, 0.3) is 0 Å². The van der Waals surface area contributed by atoms with Crippen LogP contribution in [-0.4, -0.2) is 38.9 Å². The molecular formula is C14H21NO3. The molecule has 0 aromatic heterocycles. The van der Waals surface area contributed by atoms with Crippen molar-refractivity contribution >= 4 is 11.7 Å². The molecule has 0 aliphatic carbocycles. The molecular weight excluding hydrogens is 230 g/mol. The number of ether oxygens (including phenoxy) is 2. The van der Waals surface area contributed by atoms with Crippen molar-refractivity contribution in [3.63, 3.8) is 0 Å². The molecule has 18 heavy (non-hydrogen) atoms. The van der Waals surface area contributed by atoms with Crippen molar-refractivity contribution in [2.75, 3.05) is 31.7 Å². The summed E-state index contributed by atoms with van der Waals surface area (Å²) in [5.41, 5.74) is 1.12. The number of hydrogen-bond acceptors (Lipinski definition) is 4. The smallest absolute Gasteiger partial charge is 0.303 e. The van der Waals surface area contributed by atoms with E-state index in [9.17, 15) is 4.79 Å². The Balaban J connectivity index is 2.67. The van der Waals surface area contributed by atoms with Gasteiger partial charge < -0.3 is 14.4 Å². The van der Waals surface area contributed by atoms with Gasteiger partial charge in [0.05, 0.1) is 13.2 Å². The fourth-order valence-corrected chi connectivity index (χ4v) is 1.85. The lowest BCUT2D eigenvalue weighted by Crippen LogP contribution is -2.37. The second-order valence-corrected chi connectivity index (χ2v) is 4.06. The highest BCUT2D eigenvalue weighted by Gasteiger charge is 2.16. The Morgan fingerprint density at radius 2 is 2.00 bits per heavy atom. The highest BCUT2D eigenvalue weighted by Crippen LogP contribution is 2.14. The Morgan fingerprint density at radius 1 is 1.33 bits per heavy atom. The molecule has 1 aromatic rings. The number of para-hydroxylation sites is 1. The van der Waals surface area contributed by atoms with Crippen LogP contribution in [-0.2, 0) is 14.3 Å². The van der Waals surface area contributed by atoms with E-state index >= 15 is 0 Å². The summed E-state index contributed by atoms with van der Waals surface area (Å²) in [6, 6.07) is 10.1. The lowest BCUT2D eigenvalue weighted by Gasteiger charge is -2.27. The molecule has 0 N–H and O–H groups in total. The molecule has 0 heterocycles. The van der Waals surface area contributed by atoms with E-state index < -0.39 is 0 Å². The van der Waals surface area contributed by atoms with Crippen molar-refractivity contribution in [3.05, 3.63) is 30.3 Å². The molecule has 0 saturated carbocycles. The number of nitrogens with zero attached hydrogens (tertiary/aromatic N) is 1. The van der Waals surface area contributed by atoms with Gasteiger partial charge in [0, 0.05) is 26.3 Å². The lowest BCUT2D eigenvalue weighted by atomic mass is 10.2. The number of carbonyl (C=O) groups excluding carboxylic acids is 1. The second-order valence-electron chi connectivity index (χ2n) is 4.06. The first-order valence-corrected chi connectivity index (χ1v) is 6.13. The first kappa shape index (κ1) is 14.5. The number of anilines is 1. The van der Waals surface area contributed by atoms with Gasteiger partial charge in [0.25, 0.3) is 0 Å². The van der Waals surface area contributed by atoms with E-state index in [2.05, 4.69) is 11.8 Å². The SMILES string of the molecule is CCN(CC(COC)OC(C)=O)c1ccccc1. The maximum Gasteiger partial charge on any atom is 0.303 e. The van der Waals surface area contributed by atoms with Crippen molar-refractivity contribution < 1.29 is 14.3 Å². The summed E-state index contributed by atoms with van der Waals surface area (Å²) < 4.78 is 10.3. The molecule has 1 aromatic carbocycles. The third kappa shape index (κ3) is 4.75. The van der Waals surface area contributed by atoms with Crippen LogP contribution in [0.4, 0.5) is 5.69 Å². The van der Waals surface area contributed by atoms with Gasteiger partial charge in [-0.25, -0.2) is 0 Å². The zero-order valence-corrected chi connectivity index (χ0v) is 11.3. The fraction of sp³-hybridized carbons (Fsp3) is 0.500. The number of benzene rings is 1. The van der Waals surface area contributed by atoms with Crippen molar-refractivity contribution in [3.8, 4) is 0 Å². The van der Waals surface area contributed by atoms with Crippen LogP contribution in [0.3, 0.4) is 0 Å². The van der Waals surface area contributed by atoms with E-state index in [0.717, 1.165) is 12.2 Å². The monoisotopic (exact) mass is 251 g/mol. The van der Waals surface area contributed by atoms with Gasteiger partial charge in [-0.05, 0) is 19.1 Å². The minimum absolute atomic E-state index is 0.243. The van der Waals surface area contributed by atoms with Crippen LogP contribution < -0.4 is 4.90 Å². The largest absolute Gasteiger partial charge is 0.458 e. The second kappa shape index (κ2) is 7.71. The predicted molar refractivity (Wildman–Crippen MR) is 71.8 cm³/mol. The van der Waals surface area contributed by atoms with Crippen LogP contribution in [0.5, 0.6) is 0 Å². The lowest BCUT2D eigenvalue weighted by molar-refractivity contribution is -0.148. The molecule has 0 aliphatic rings. The number of rotatable bonds is 7. The summed E-state index contributed by atoms with van der Waals surface area (Å²) in [4.78, 5) is 13.2. The normalized spacial score (nSPS) is 11.9. The van der Waals surface area contributed by atoms with E-state index in [1.165, 1.54) is 6.92 Å². The number of hydrogen-bond donors (Lipinski definition) is 0. The number of likely N-dealkylation sites (N-methyl/N-ethyl adjacent to an activating group) is 1. The first-order chi connectivity index (χ1) is 8.67. The maximum absolute atomic E-state index is 11.0. The maximum atomic E-state index is 11.0. The molecule has 0 saturated heterocycles. The zero-order chi connectivity index (χ0) is 13.4. The molecule has 0 fully saturated rings. The summed E-state index contributed by atoms with van der Waals surface area (Å²) in [7, 11) is 1.61. The molecule has 0 bridgehead atoms. The highest BCUT2D eigenvalue weighted by molar-refractivity contribution is 5.66. The van der Waals surface area contributed by atoms with Crippen LogP contribution >= 0.6 is 0 Å². The Hall–Kier alpha value is -1.55. The summed E-state index contributed by atoms with van der Waals surface area (Å²) in [6.45, 7) is 5.38. The number of carbonyl (C=O) groups is 1. The Labute approximate surface area is 108 Å². The molecule has 0 amide bonds. The van der Waals surface area contributed by atoms with Crippen LogP contribution in [0.2, 0.25) is 0 Å². The third-order valence-electron chi connectivity index (χ3n) is 2.61. The van der Waals surface area contributed by atoms with E-state index in [4.69, 9.17) is 9.47 Å². The molecule has 1 unspecified atom stereocenters. The van der Waals surface area contributed by atoms with Crippen LogP contribution in [0.15, 0.2) is 30.3 Å². The van der Waals surface area contributed by atoms with E-state index in [1.54, 1.807) is 7.11 Å². The molecule has 0 spiro atoms. The quantitative estimate of drug-likeness (QED) is 0.696. The predicted octanol–water partition coefficient (Wildman–Crippen LogP) is 2.09. The standard InChI is InChI=1S/C14H21NO3/c1-4-15(13-8-6-5-7-9-13)10-14(11-17-3)18-12(2)16/h5-9,14H,4,10-11H2,1-3H3. The molecule has 1 rings (SSSR count). The summed E-state index contributed by atoms with van der Waals surface area (Å²) in [6.07, 6.45) is -0.243. The van der Waals surface area contributed by atoms with Gasteiger partial charge in [-0.1, -0.05) is 18.2 Å². The molecule has 4 heteroatoms. The van der Waals surface area contributed by atoms with Crippen LogP contribution in [0, 0.1) is 0 Å². The van der Waals surface area contributed by atoms with Crippen molar-refractivity contribution in [2.24, 2.45) is 0 Å². The number of esters is 1. The topological polar surface area (TPSA) is 38.8 Å². The average Bonchev–Trinajstić information content (AvgIpc) is 2.36. The third-order valence-corrected chi connectivity index (χ3v) is 2.61.